The van der Waals surface area contributed by atoms with E-state index in [9.17, 15) is 4.79 Å². The molecule has 2 heterocycles. The van der Waals surface area contributed by atoms with Crippen LogP contribution < -0.4 is 5.32 Å². The van der Waals surface area contributed by atoms with Crippen LogP contribution in [0.2, 0.25) is 0 Å². The van der Waals surface area contributed by atoms with Gasteiger partial charge in [-0.25, -0.2) is 0 Å². The third-order valence-corrected chi connectivity index (χ3v) is 5.14. The monoisotopic (exact) mass is 281 g/mol. The third kappa shape index (κ3) is 4.19. The van der Waals surface area contributed by atoms with Gasteiger partial charge in [-0.05, 0) is 51.6 Å². The molecule has 20 heavy (non-hydrogen) atoms. The fourth-order valence-electron chi connectivity index (χ4n) is 3.66. The molecule has 1 amide bonds. The second-order valence-electron chi connectivity index (χ2n) is 6.53. The highest BCUT2D eigenvalue weighted by molar-refractivity contribution is 5.73. The number of hydrogen-bond donors (Lipinski definition) is 1. The minimum Gasteiger partial charge on any atom is -0.343 e. The first-order valence-electron chi connectivity index (χ1n) is 8.34. The van der Waals surface area contributed by atoms with Crippen LogP contribution in [0.25, 0.3) is 0 Å². The molecule has 4 heteroatoms. The Kier molecular flexibility index (Phi) is 5.85. The SMILES string of the molecule is CCN1CCCC(C(C)NC2CCN(C(C)=O)CC2)C1. The van der Waals surface area contributed by atoms with Crippen LogP contribution in [-0.4, -0.2) is 60.5 Å². The molecule has 2 unspecified atom stereocenters. The van der Waals surface area contributed by atoms with E-state index in [0.717, 1.165) is 31.8 Å². The Hall–Kier alpha value is -0.610. The number of carbonyl (C=O) groups excluding carboxylic acids is 1. The third-order valence-electron chi connectivity index (χ3n) is 5.14. The first kappa shape index (κ1) is 15.8. The molecule has 2 rings (SSSR count). The van der Waals surface area contributed by atoms with Crippen LogP contribution in [0.4, 0.5) is 0 Å². The molecule has 0 spiro atoms. The molecule has 2 fully saturated rings. The fourth-order valence-corrected chi connectivity index (χ4v) is 3.66. The zero-order valence-corrected chi connectivity index (χ0v) is 13.4. The largest absolute Gasteiger partial charge is 0.343 e. The highest BCUT2D eigenvalue weighted by Gasteiger charge is 2.27. The molecule has 0 aromatic rings. The number of likely N-dealkylation sites (tertiary alicyclic amines) is 2. The van der Waals surface area contributed by atoms with Gasteiger partial charge in [-0.1, -0.05) is 6.92 Å². The maximum Gasteiger partial charge on any atom is 0.219 e. The summed E-state index contributed by atoms with van der Waals surface area (Å²) in [6.45, 7) is 11.8. The minimum atomic E-state index is 0.224. The van der Waals surface area contributed by atoms with E-state index in [-0.39, 0.29) is 5.91 Å². The van der Waals surface area contributed by atoms with Crippen molar-refractivity contribution in [3.63, 3.8) is 0 Å². The summed E-state index contributed by atoms with van der Waals surface area (Å²) in [5, 5.41) is 3.83. The number of nitrogens with zero attached hydrogens (tertiary/aromatic N) is 2. The highest BCUT2D eigenvalue weighted by Crippen LogP contribution is 2.21. The lowest BCUT2D eigenvalue weighted by Crippen LogP contribution is -2.51. The smallest absolute Gasteiger partial charge is 0.219 e. The van der Waals surface area contributed by atoms with Gasteiger partial charge >= 0.3 is 0 Å². The molecular formula is C16H31N3O. The number of hydrogen-bond acceptors (Lipinski definition) is 3. The summed E-state index contributed by atoms with van der Waals surface area (Å²) in [6.07, 6.45) is 4.91. The highest BCUT2D eigenvalue weighted by atomic mass is 16.2. The maximum absolute atomic E-state index is 11.3. The summed E-state index contributed by atoms with van der Waals surface area (Å²) in [5.41, 5.74) is 0. The fraction of sp³-hybridized carbons (Fsp3) is 0.938. The number of nitrogens with one attached hydrogen (secondary N) is 1. The molecule has 1 N–H and O–H groups in total. The van der Waals surface area contributed by atoms with Crippen molar-refractivity contribution in [2.24, 2.45) is 5.92 Å². The van der Waals surface area contributed by atoms with E-state index >= 15 is 0 Å². The van der Waals surface area contributed by atoms with Gasteiger partial charge in [-0.3, -0.25) is 4.79 Å². The van der Waals surface area contributed by atoms with E-state index in [1.54, 1.807) is 6.92 Å². The van der Waals surface area contributed by atoms with Gasteiger partial charge in [0.2, 0.25) is 5.91 Å². The van der Waals surface area contributed by atoms with Crippen molar-refractivity contribution in [1.29, 1.82) is 0 Å². The van der Waals surface area contributed by atoms with Gasteiger partial charge in [0.15, 0.2) is 0 Å². The van der Waals surface area contributed by atoms with Crippen molar-refractivity contribution < 1.29 is 4.79 Å². The molecule has 116 valence electrons. The van der Waals surface area contributed by atoms with Crippen molar-refractivity contribution in [2.45, 2.75) is 58.5 Å². The Morgan fingerprint density at radius 2 is 1.95 bits per heavy atom. The lowest BCUT2D eigenvalue weighted by Gasteiger charge is -2.39. The molecule has 0 bridgehead atoms. The Morgan fingerprint density at radius 1 is 1.25 bits per heavy atom. The van der Waals surface area contributed by atoms with Gasteiger partial charge in [0.05, 0.1) is 0 Å². The average Bonchev–Trinajstić information content (AvgIpc) is 2.47. The van der Waals surface area contributed by atoms with E-state index in [1.165, 1.54) is 32.5 Å². The van der Waals surface area contributed by atoms with Crippen molar-refractivity contribution >= 4 is 5.91 Å². The number of rotatable bonds is 4. The molecule has 4 nitrogen and oxygen atoms in total. The van der Waals surface area contributed by atoms with Crippen LogP contribution in [-0.2, 0) is 4.79 Å². The Labute approximate surface area is 123 Å². The lowest BCUT2D eigenvalue weighted by atomic mass is 9.90. The van der Waals surface area contributed by atoms with Crippen LogP contribution in [0, 0.1) is 5.92 Å². The van der Waals surface area contributed by atoms with Crippen LogP contribution in [0.15, 0.2) is 0 Å². The van der Waals surface area contributed by atoms with Gasteiger partial charge in [-0.2, -0.15) is 0 Å². The van der Waals surface area contributed by atoms with Gasteiger partial charge in [0, 0.05) is 38.6 Å². The van der Waals surface area contributed by atoms with Gasteiger partial charge < -0.3 is 15.1 Å². The van der Waals surface area contributed by atoms with Crippen molar-refractivity contribution in [2.75, 3.05) is 32.7 Å². The zero-order valence-electron chi connectivity index (χ0n) is 13.4. The van der Waals surface area contributed by atoms with Crippen molar-refractivity contribution in [1.82, 2.24) is 15.1 Å². The van der Waals surface area contributed by atoms with Gasteiger partial charge in [0.1, 0.15) is 0 Å². The second-order valence-corrected chi connectivity index (χ2v) is 6.53. The summed E-state index contributed by atoms with van der Waals surface area (Å²) >= 11 is 0. The molecule has 2 aliphatic rings. The van der Waals surface area contributed by atoms with Crippen LogP contribution in [0.1, 0.15) is 46.5 Å². The van der Waals surface area contributed by atoms with Crippen LogP contribution in [0.5, 0.6) is 0 Å². The Bertz CT molecular complexity index is 313. The Morgan fingerprint density at radius 3 is 2.55 bits per heavy atom. The molecule has 0 aromatic heterocycles. The first-order valence-corrected chi connectivity index (χ1v) is 8.34. The summed E-state index contributed by atoms with van der Waals surface area (Å²) in [4.78, 5) is 15.9. The van der Waals surface area contributed by atoms with Crippen molar-refractivity contribution in [3.05, 3.63) is 0 Å². The van der Waals surface area contributed by atoms with E-state index in [0.29, 0.717) is 12.1 Å². The molecule has 0 aromatic carbocycles. The van der Waals surface area contributed by atoms with Gasteiger partial charge in [-0.15, -0.1) is 0 Å². The zero-order chi connectivity index (χ0) is 14.5. The van der Waals surface area contributed by atoms with Crippen LogP contribution >= 0.6 is 0 Å². The Balaban J connectivity index is 1.74. The predicted molar refractivity (Wildman–Crippen MR) is 82.7 cm³/mol. The summed E-state index contributed by atoms with van der Waals surface area (Å²) in [7, 11) is 0. The maximum atomic E-state index is 11.3. The minimum absolute atomic E-state index is 0.224. The van der Waals surface area contributed by atoms with E-state index in [4.69, 9.17) is 0 Å². The molecule has 2 aliphatic heterocycles. The summed E-state index contributed by atoms with van der Waals surface area (Å²) < 4.78 is 0. The van der Waals surface area contributed by atoms with Crippen LogP contribution in [0.3, 0.4) is 0 Å². The summed E-state index contributed by atoms with van der Waals surface area (Å²) in [6, 6.07) is 1.19. The molecule has 0 aliphatic carbocycles. The first-order chi connectivity index (χ1) is 9.60. The van der Waals surface area contributed by atoms with E-state index in [1.807, 2.05) is 4.90 Å². The standard InChI is InChI=1S/C16H31N3O/c1-4-18-9-5-6-15(12-18)13(2)17-16-7-10-19(11-8-16)14(3)20/h13,15-17H,4-12H2,1-3H3. The molecule has 2 saturated heterocycles. The van der Waals surface area contributed by atoms with Crippen molar-refractivity contribution in [3.8, 4) is 0 Å². The number of carbonyl (C=O) groups is 1. The number of amides is 1. The number of piperidine rings is 2. The van der Waals surface area contributed by atoms with E-state index in [2.05, 4.69) is 24.1 Å². The van der Waals surface area contributed by atoms with Gasteiger partial charge in [0.25, 0.3) is 0 Å². The summed E-state index contributed by atoms with van der Waals surface area (Å²) in [5.74, 6) is 1.01. The quantitative estimate of drug-likeness (QED) is 0.852. The molecule has 0 saturated carbocycles. The topological polar surface area (TPSA) is 35.6 Å². The average molecular weight is 281 g/mol. The molecular weight excluding hydrogens is 250 g/mol. The predicted octanol–water partition coefficient (Wildman–Crippen LogP) is 1.71. The molecule has 2 atom stereocenters. The second kappa shape index (κ2) is 7.41. The lowest BCUT2D eigenvalue weighted by molar-refractivity contribution is -0.129. The molecule has 0 radical (unpaired) electrons. The van der Waals surface area contributed by atoms with E-state index < -0.39 is 0 Å². The normalized spacial score (nSPS) is 27.6.